The van der Waals surface area contributed by atoms with Gasteiger partial charge in [0.05, 0.1) is 13.2 Å². The molecule has 0 aromatic heterocycles. The average Bonchev–Trinajstić information content (AvgIpc) is 2.65. The third kappa shape index (κ3) is 7.87. The lowest BCUT2D eigenvalue weighted by molar-refractivity contribution is -0.115. The first-order valence-corrected chi connectivity index (χ1v) is 8.96. The fourth-order valence-corrected chi connectivity index (χ4v) is 2.74. The molecule has 0 atom stereocenters. The second kappa shape index (κ2) is 12.4. The molecule has 0 radical (unpaired) electrons. The molecular formula is C18H27FIN5O3. The van der Waals surface area contributed by atoms with Gasteiger partial charge >= 0.3 is 6.09 Å². The molecule has 2 amide bonds. The van der Waals surface area contributed by atoms with Crippen LogP contribution < -0.4 is 16.0 Å². The molecule has 2 rings (SSSR count). The lowest BCUT2D eigenvalue weighted by Gasteiger charge is -2.32. The Morgan fingerprint density at radius 2 is 2.04 bits per heavy atom. The van der Waals surface area contributed by atoms with Crippen molar-refractivity contribution >= 4 is 47.6 Å². The summed E-state index contributed by atoms with van der Waals surface area (Å²) in [4.78, 5) is 29.5. The molecule has 1 aliphatic heterocycles. The number of piperidine rings is 1. The molecule has 0 spiro atoms. The summed E-state index contributed by atoms with van der Waals surface area (Å²) in [5, 5.41) is 8.79. The van der Waals surface area contributed by atoms with Gasteiger partial charge in [0.15, 0.2) is 5.96 Å². The van der Waals surface area contributed by atoms with Gasteiger partial charge in [-0.2, -0.15) is 0 Å². The molecule has 0 saturated carbocycles. The molecule has 3 N–H and O–H groups in total. The van der Waals surface area contributed by atoms with Crippen LogP contribution >= 0.6 is 24.0 Å². The number of hydrogen-bond donors (Lipinski definition) is 3. The number of anilines is 1. The minimum Gasteiger partial charge on any atom is -0.450 e. The van der Waals surface area contributed by atoms with Crippen molar-refractivity contribution in [2.45, 2.75) is 25.8 Å². The van der Waals surface area contributed by atoms with Crippen molar-refractivity contribution < 1.29 is 18.7 Å². The number of carbonyl (C=O) groups is 2. The summed E-state index contributed by atoms with van der Waals surface area (Å²) in [6.45, 7) is 3.36. The number of rotatable bonds is 5. The van der Waals surface area contributed by atoms with E-state index in [1.54, 1.807) is 24.9 Å². The van der Waals surface area contributed by atoms with Crippen LogP contribution in [0.3, 0.4) is 0 Å². The first kappa shape index (κ1) is 23.9. The van der Waals surface area contributed by atoms with Gasteiger partial charge in [0.2, 0.25) is 5.91 Å². The van der Waals surface area contributed by atoms with E-state index < -0.39 is 5.82 Å². The third-order valence-electron chi connectivity index (χ3n) is 4.11. The van der Waals surface area contributed by atoms with E-state index in [0.29, 0.717) is 31.3 Å². The first-order valence-electron chi connectivity index (χ1n) is 8.96. The fourth-order valence-electron chi connectivity index (χ4n) is 2.74. The van der Waals surface area contributed by atoms with Gasteiger partial charge in [0, 0.05) is 31.9 Å². The standard InChI is InChI=1S/C18H26FN5O3.HI/c1-3-27-18(26)24-9-7-14(8-10-24)23-17(20-2)21-12-16(25)22-15-6-4-5-13(19)11-15;/h4-6,11,14H,3,7-10,12H2,1-2H3,(H,22,25)(H2,20,21,23);1H. The van der Waals surface area contributed by atoms with Gasteiger partial charge in [-0.05, 0) is 38.0 Å². The van der Waals surface area contributed by atoms with Crippen molar-refractivity contribution in [1.82, 2.24) is 15.5 Å². The van der Waals surface area contributed by atoms with Gasteiger partial charge in [-0.25, -0.2) is 9.18 Å². The highest BCUT2D eigenvalue weighted by Crippen LogP contribution is 2.11. The normalized spacial score (nSPS) is 14.7. The van der Waals surface area contributed by atoms with E-state index in [-0.39, 0.29) is 48.6 Å². The number of nitrogens with zero attached hydrogens (tertiary/aromatic N) is 2. The molecule has 156 valence electrons. The van der Waals surface area contributed by atoms with Crippen LogP contribution in [0.1, 0.15) is 19.8 Å². The number of guanidine groups is 1. The van der Waals surface area contributed by atoms with Crippen molar-refractivity contribution in [3.05, 3.63) is 30.1 Å². The highest BCUT2D eigenvalue weighted by molar-refractivity contribution is 14.0. The molecule has 1 aromatic carbocycles. The second-order valence-electron chi connectivity index (χ2n) is 6.09. The Labute approximate surface area is 181 Å². The first-order chi connectivity index (χ1) is 13.0. The number of nitrogens with one attached hydrogen (secondary N) is 3. The smallest absolute Gasteiger partial charge is 0.409 e. The Kier molecular flexibility index (Phi) is 10.6. The van der Waals surface area contributed by atoms with E-state index in [2.05, 4.69) is 20.9 Å². The van der Waals surface area contributed by atoms with Crippen LogP contribution in [-0.2, 0) is 9.53 Å². The summed E-state index contributed by atoms with van der Waals surface area (Å²) < 4.78 is 18.1. The topological polar surface area (TPSA) is 95.1 Å². The molecule has 1 heterocycles. The number of halogens is 2. The number of hydrogen-bond acceptors (Lipinski definition) is 4. The lowest BCUT2D eigenvalue weighted by Crippen LogP contribution is -2.50. The highest BCUT2D eigenvalue weighted by Gasteiger charge is 2.24. The second-order valence-corrected chi connectivity index (χ2v) is 6.09. The van der Waals surface area contributed by atoms with Gasteiger partial charge in [-0.1, -0.05) is 6.07 Å². The lowest BCUT2D eigenvalue weighted by atomic mass is 10.1. The number of likely N-dealkylation sites (tertiary alicyclic amines) is 1. The summed E-state index contributed by atoms with van der Waals surface area (Å²) in [5.74, 6) is -0.216. The van der Waals surface area contributed by atoms with Crippen LogP contribution in [-0.4, -0.2) is 62.2 Å². The minimum absolute atomic E-state index is 0. The molecule has 1 fully saturated rings. The fraction of sp³-hybridized carbons (Fsp3) is 0.500. The Hall–Kier alpha value is -2.11. The summed E-state index contributed by atoms with van der Waals surface area (Å²) in [6.07, 6.45) is 1.23. The molecule has 1 aliphatic rings. The Morgan fingerprint density at radius 3 is 2.64 bits per heavy atom. The maximum atomic E-state index is 13.1. The highest BCUT2D eigenvalue weighted by atomic mass is 127. The number of carbonyl (C=O) groups excluding carboxylic acids is 2. The molecular weight excluding hydrogens is 480 g/mol. The van der Waals surface area contributed by atoms with Gasteiger partial charge in [0.1, 0.15) is 5.82 Å². The predicted octanol–water partition coefficient (Wildman–Crippen LogP) is 2.17. The zero-order valence-corrected chi connectivity index (χ0v) is 18.4. The van der Waals surface area contributed by atoms with Crippen LogP contribution in [0.15, 0.2) is 29.3 Å². The Balaban J connectivity index is 0.00000392. The van der Waals surface area contributed by atoms with Gasteiger partial charge in [-0.3, -0.25) is 9.79 Å². The molecule has 0 aliphatic carbocycles. The predicted molar refractivity (Wildman–Crippen MR) is 117 cm³/mol. The zero-order valence-electron chi connectivity index (χ0n) is 16.0. The van der Waals surface area contributed by atoms with E-state index >= 15 is 0 Å². The van der Waals surface area contributed by atoms with Crippen LogP contribution in [0.4, 0.5) is 14.9 Å². The molecule has 1 saturated heterocycles. The molecule has 0 unspecified atom stereocenters. The quantitative estimate of drug-likeness (QED) is 0.323. The van der Waals surface area contributed by atoms with E-state index in [9.17, 15) is 14.0 Å². The van der Waals surface area contributed by atoms with Crippen LogP contribution in [0.25, 0.3) is 0 Å². The maximum absolute atomic E-state index is 13.1. The summed E-state index contributed by atoms with van der Waals surface area (Å²) in [5.41, 5.74) is 0.399. The minimum atomic E-state index is -0.410. The summed E-state index contributed by atoms with van der Waals surface area (Å²) in [7, 11) is 1.62. The van der Waals surface area contributed by atoms with Crippen LogP contribution in [0.2, 0.25) is 0 Å². The van der Waals surface area contributed by atoms with E-state index in [1.165, 1.54) is 18.2 Å². The molecule has 8 nitrogen and oxygen atoms in total. The summed E-state index contributed by atoms with van der Waals surface area (Å²) >= 11 is 0. The van der Waals surface area contributed by atoms with Crippen LogP contribution in [0, 0.1) is 5.82 Å². The molecule has 10 heteroatoms. The van der Waals surface area contributed by atoms with E-state index in [1.807, 2.05) is 0 Å². The Morgan fingerprint density at radius 1 is 1.32 bits per heavy atom. The van der Waals surface area contributed by atoms with Crippen molar-refractivity contribution in [2.75, 3.05) is 38.6 Å². The van der Waals surface area contributed by atoms with Crippen molar-refractivity contribution in [1.29, 1.82) is 0 Å². The SMILES string of the molecule is CCOC(=O)N1CCC(NC(=NC)NCC(=O)Nc2cccc(F)c2)CC1.I. The van der Waals surface area contributed by atoms with Crippen molar-refractivity contribution in [3.63, 3.8) is 0 Å². The van der Waals surface area contributed by atoms with Gasteiger partial charge < -0.3 is 25.6 Å². The average molecular weight is 507 g/mol. The number of amides is 2. The molecule has 28 heavy (non-hydrogen) atoms. The molecule has 0 bridgehead atoms. The zero-order chi connectivity index (χ0) is 19.6. The van der Waals surface area contributed by atoms with Crippen molar-refractivity contribution in [3.8, 4) is 0 Å². The maximum Gasteiger partial charge on any atom is 0.409 e. The monoisotopic (exact) mass is 507 g/mol. The van der Waals surface area contributed by atoms with Gasteiger partial charge in [0.25, 0.3) is 0 Å². The van der Waals surface area contributed by atoms with E-state index in [0.717, 1.165) is 12.8 Å². The van der Waals surface area contributed by atoms with Crippen molar-refractivity contribution in [2.24, 2.45) is 4.99 Å². The van der Waals surface area contributed by atoms with E-state index in [4.69, 9.17) is 4.74 Å². The van der Waals surface area contributed by atoms with Crippen LogP contribution in [0.5, 0.6) is 0 Å². The largest absolute Gasteiger partial charge is 0.450 e. The summed E-state index contributed by atoms with van der Waals surface area (Å²) in [6, 6.07) is 5.86. The Bertz CT molecular complexity index is 681. The number of ether oxygens (including phenoxy) is 1. The van der Waals surface area contributed by atoms with Gasteiger partial charge in [-0.15, -0.1) is 24.0 Å². The third-order valence-corrected chi connectivity index (χ3v) is 4.11. The number of aliphatic imine (C=N–C) groups is 1. The number of benzene rings is 1. The molecule has 1 aromatic rings.